The molecule has 0 radical (unpaired) electrons. The van der Waals surface area contributed by atoms with Crippen LogP contribution < -0.4 is 4.74 Å². The molecule has 1 aromatic heterocycles. The summed E-state index contributed by atoms with van der Waals surface area (Å²) in [7, 11) is 0. The molecule has 3 fully saturated rings. The standard InChI is InChI=1S/C28H35F3N2O2/c1-17-26-15-32-22(16-33-23-4-3-5-24(33)14-20(13-23)18(2)34)12-19(26)6-11-27(17)35-25-9-7-21(8-10-25)28(29,30)31/h6,11-12,15,20-21,23-25,34H,2-5,7-10,13-14,16H2,1H3. The van der Waals surface area contributed by atoms with E-state index in [-0.39, 0.29) is 24.9 Å². The fourth-order valence-corrected chi connectivity index (χ4v) is 6.49. The first kappa shape index (κ1) is 24.4. The summed E-state index contributed by atoms with van der Waals surface area (Å²) >= 11 is 0. The predicted molar refractivity (Wildman–Crippen MR) is 130 cm³/mol. The highest BCUT2D eigenvalue weighted by molar-refractivity contribution is 5.87. The Bertz CT molecular complexity index is 1060. The van der Waals surface area contributed by atoms with Crippen molar-refractivity contribution in [2.45, 2.75) is 95.6 Å². The maximum absolute atomic E-state index is 13.0. The molecule has 2 aliphatic heterocycles. The first-order chi connectivity index (χ1) is 16.7. The van der Waals surface area contributed by atoms with E-state index >= 15 is 0 Å². The number of nitrogens with zero attached hydrogens (tertiary/aromatic N) is 2. The van der Waals surface area contributed by atoms with Crippen LogP contribution in [0, 0.1) is 18.8 Å². The van der Waals surface area contributed by atoms with E-state index in [2.05, 4.69) is 17.5 Å². The van der Waals surface area contributed by atoms with Gasteiger partial charge in [0.15, 0.2) is 0 Å². The zero-order chi connectivity index (χ0) is 24.7. The van der Waals surface area contributed by atoms with Gasteiger partial charge < -0.3 is 9.84 Å². The molecule has 3 aliphatic rings. The Morgan fingerprint density at radius 2 is 1.80 bits per heavy atom. The molecule has 1 N–H and O–H groups in total. The van der Waals surface area contributed by atoms with Crippen LogP contribution in [0.4, 0.5) is 13.2 Å². The van der Waals surface area contributed by atoms with Crippen molar-refractivity contribution in [3.63, 3.8) is 0 Å². The third-order valence-corrected chi connectivity index (χ3v) is 8.55. The third kappa shape index (κ3) is 5.16. The molecule has 3 heterocycles. The first-order valence-electron chi connectivity index (χ1n) is 12.9. The van der Waals surface area contributed by atoms with E-state index < -0.39 is 12.1 Å². The Hall–Kier alpha value is -2.28. The summed E-state index contributed by atoms with van der Waals surface area (Å²) in [6.45, 7) is 6.58. The van der Waals surface area contributed by atoms with Crippen LogP contribution in [0.1, 0.15) is 69.0 Å². The van der Waals surface area contributed by atoms with Gasteiger partial charge in [0.25, 0.3) is 0 Å². The largest absolute Gasteiger partial charge is 0.513 e. The van der Waals surface area contributed by atoms with Gasteiger partial charge in [-0.1, -0.05) is 19.1 Å². The van der Waals surface area contributed by atoms with E-state index in [1.165, 1.54) is 6.42 Å². The van der Waals surface area contributed by atoms with Gasteiger partial charge >= 0.3 is 6.18 Å². The van der Waals surface area contributed by atoms with E-state index in [1.807, 2.05) is 25.3 Å². The van der Waals surface area contributed by atoms with Gasteiger partial charge in [-0.15, -0.1) is 0 Å². The number of hydrogen-bond acceptors (Lipinski definition) is 4. The van der Waals surface area contributed by atoms with Gasteiger partial charge in [-0.2, -0.15) is 13.2 Å². The molecule has 2 bridgehead atoms. The average molecular weight is 489 g/mol. The number of aromatic nitrogens is 1. The molecular formula is C28H35F3N2O2. The number of benzene rings is 1. The van der Waals surface area contributed by atoms with Gasteiger partial charge in [0.05, 0.1) is 23.5 Å². The SMILES string of the molecule is C=C(O)C1CC2CCCC(C1)N2Cc1cc2ccc(OC3CCC(C(F)(F)F)CC3)c(C)c2cn1. The van der Waals surface area contributed by atoms with Gasteiger partial charge in [-0.3, -0.25) is 9.88 Å². The minimum atomic E-state index is -4.10. The lowest BCUT2D eigenvalue weighted by atomic mass is 9.77. The van der Waals surface area contributed by atoms with Crippen molar-refractivity contribution in [2.24, 2.45) is 11.8 Å². The van der Waals surface area contributed by atoms with Crippen LogP contribution in [-0.2, 0) is 6.54 Å². The molecule has 7 heteroatoms. The van der Waals surface area contributed by atoms with Crippen LogP contribution in [0.2, 0.25) is 0 Å². The van der Waals surface area contributed by atoms with Crippen molar-refractivity contribution in [1.82, 2.24) is 9.88 Å². The molecule has 0 spiro atoms. The van der Waals surface area contributed by atoms with Gasteiger partial charge in [0, 0.05) is 41.7 Å². The zero-order valence-corrected chi connectivity index (χ0v) is 20.4. The van der Waals surface area contributed by atoms with Crippen LogP contribution in [0.15, 0.2) is 36.7 Å². The van der Waals surface area contributed by atoms with E-state index in [9.17, 15) is 18.3 Å². The van der Waals surface area contributed by atoms with Gasteiger partial charge in [-0.05, 0) is 75.8 Å². The summed E-state index contributed by atoms with van der Waals surface area (Å²) < 4.78 is 45.1. The lowest BCUT2D eigenvalue weighted by Crippen LogP contribution is -2.51. The summed E-state index contributed by atoms with van der Waals surface area (Å²) in [5.41, 5.74) is 2.02. The lowest BCUT2D eigenvalue weighted by Gasteiger charge is -2.48. The second kappa shape index (κ2) is 9.64. The molecule has 1 saturated carbocycles. The molecule has 5 rings (SSSR count). The molecule has 0 amide bonds. The average Bonchev–Trinajstić information content (AvgIpc) is 2.80. The highest BCUT2D eigenvalue weighted by atomic mass is 19.4. The number of fused-ring (bicyclic) bond motifs is 3. The maximum atomic E-state index is 13.0. The normalized spacial score (nSPS) is 29.8. The van der Waals surface area contributed by atoms with Crippen molar-refractivity contribution >= 4 is 10.8 Å². The molecule has 2 unspecified atom stereocenters. The smallest absolute Gasteiger partial charge is 0.391 e. The fourth-order valence-electron chi connectivity index (χ4n) is 6.49. The number of hydrogen-bond donors (Lipinski definition) is 1. The number of allylic oxidation sites excluding steroid dienone is 1. The molecular weight excluding hydrogens is 453 g/mol. The number of aliphatic hydroxyl groups excluding tert-OH is 1. The molecule has 2 atom stereocenters. The van der Waals surface area contributed by atoms with Gasteiger partial charge in [0.2, 0.25) is 0 Å². The van der Waals surface area contributed by atoms with Gasteiger partial charge in [0.1, 0.15) is 5.75 Å². The van der Waals surface area contributed by atoms with E-state index in [1.54, 1.807) is 0 Å². The van der Waals surface area contributed by atoms with Crippen molar-refractivity contribution < 1.29 is 23.0 Å². The molecule has 1 aromatic carbocycles. The Balaban J connectivity index is 1.27. The topological polar surface area (TPSA) is 45.6 Å². The number of aryl methyl sites for hydroxylation is 1. The molecule has 2 saturated heterocycles. The molecule has 35 heavy (non-hydrogen) atoms. The molecule has 190 valence electrons. The summed E-state index contributed by atoms with van der Waals surface area (Å²) in [4.78, 5) is 7.35. The Labute approximate surface area is 205 Å². The fraction of sp³-hybridized carbons (Fsp3) is 0.607. The lowest BCUT2D eigenvalue weighted by molar-refractivity contribution is -0.185. The van der Waals surface area contributed by atoms with Crippen LogP contribution in [-0.4, -0.2) is 39.4 Å². The molecule has 2 aromatic rings. The number of rotatable bonds is 5. The highest BCUT2D eigenvalue weighted by Gasteiger charge is 2.42. The second-order valence-corrected chi connectivity index (χ2v) is 10.8. The Kier molecular flexibility index (Phi) is 6.73. The van der Waals surface area contributed by atoms with Crippen LogP contribution in [0.5, 0.6) is 5.75 Å². The van der Waals surface area contributed by atoms with Crippen LogP contribution >= 0.6 is 0 Å². The summed E-state index contributed by atoms with van der Waals surface area (Å²) in [6, 6.07) is 7.04. The number of aliphatic hydroxyl groups is 1. The number of halogens is 3. The number of ether oxygens (including phenoxy) is 1. The molecule has 1 aliphatic carbocycles. The van der Waals surface area contributed by atoms with Crippen LogP contribution in [0.3, 0.4) is 0 Å². The predicted octanol–water partition coefficient (Wildman–Crippen LogP) is 7.25. The minimum absolute atomic E-state index is 0.136. The maximum Gasteiger partial charge on any atom is 0.391 e. The highest BCUT2D eigenvalue weighted by Crippen LogP contribution is 2.41. The van der Waals surface area contributed by atoms with Crippen molar-refractivity contribution in [2.75, 3.05) is 0 Å². The van der Waals surface area contributed by atoms with Crippen LogP contribution in [0.25, 0.3) is 10.8 Å². The minimum Gasteiger partial charge on any atom is -0.513 e. The summed E-state index contributed by atoms with van der Waals surface area (Å²) in [5.74, 6) is 0.0711. The zero-order valence-electron chi connectivity index (χ0n) is 20.4. The number of alkyl halides is 3. The van der Waals surface area contributed by atoms with Crippen molar-refractivity contribution in [3.05, 3.63) is 48.0 Å². The van der Waals surface area contributed by atoms with Gasteiger partial charge in [-0.25, -0.2) is 0 Å². The van der Waals surface area contributed by atoms with E-state index in [0.29, 0.717) is 30.7 Å². The Morgan fingerprint density at radius 1 is 1.11 bits per heavy atom. The Morgan fingerprint density at radius 3 is 2.43 bits per heavy atom. The third-order valence-electron chi connectivity index (χ3n) is 8.55. The number of pyridine rings is 1. The molecule has 4 nitrogen and oxygen atoms in total. The number of piperidine rings is 2. The van der Waals surface area contributed by atoms with Crippen molar-refractivity contribution in [1.29, 1.82) is 0 Å². The second-order valence-electron chi connectivity index (χ2n) is 10.8. The quantitative estimate of drug-likeness (QED) is 0.450. The van der Waals surface area contributed by atoms with E-state index in [0.717, 1.165) is 60.0 Å². The first-order valence-corrected chi connectivity index (χ1v) is 12.9. The summed E-state index contributed by atoms with van der Waals surface area (Å²) in [5, 5.41) is 12.1. The van der Waals surface area contributed by atoms with E-state index in [4.69, 9.17) is 9.72 Å². The monoisotopic (exact) mass is 488 g/mol. The summed E-state index contributed by atoms with van der Waals surface area (Å²) in [6.07, 6.45) is 4.24. The van der Waals surface area contributed by atoms with Crippen molar-refractivity contribution in [3.8, 4) is 5.75 Å².